The quantitative estimate of drug-likeness (QED) is 0.189. The third kappa shape index (κ3) is 10.9. The summed E-state index contributed by atoms with van der Waals surface area (Å²) < 4.78 is 5.23. The zero-order valence-corrected chi connectivity index (χ0v) is 24.5. The number of carbonyl (C=O) groups is 5. The van der Waals surface area contributed by atoms with Crippen LogP contribution in [-0.2, 0) is 30.3 Å². The molecule has 2 rings (SSSR count). The van der Waals surface area contributed by atoms with Crippen molar-refractivity contribution in [3.8, 4) is 0 Å². The molecule has 14 nitrogen and oxygen atoms in total. The van der Waals surface area contributed by atoms with Crippen LogP contribution in [0.4, 0.5) is 10.5 Å². The molecule has 5 N–H and O–H groups in total. The fraction of sp³-hybridized carbons (Fsp3) is 0.577. The Morgan fingerprint density at radius 1 is 1.15 bits per heavy atom. The first kappa shape index (κ1) is 33.3. The number of hydrogen-bond donors (Lipinski definition) is 4. The van der Waals surface area contributed by atoms with Gasteiger partial charge in [-0.05, 0) is 57.6 Å². The Morgan fingerprint density at radius 2 is 1.80 bits per heavy atom. The SMILES string of the molecule is CSCC[C@@H](NC(=O)OC(C)(C)C)C(=O)NCC(=O)N[C@@H](Cc1ccc([N+](=O)[O-])cc1)C(=O)N1CCC[C@H]1C(N)=O. The summed E-state index contributed by atoms with van der Waals surface area (Å²) >= 11 is 1.48. The van der Waals surface area contributed by atoms with Crippen molar-refractivity contribution < 1.29 is 33.6 Å². The van der Waals surface area contributed by atoms with Crippen LogP contribution in [0.5, 0.6) is 0 Å². The number of non-ortho nitro benzene ring substituents is 1. The van der Waals surface area contributed by atoms with Crippen molar-refractivity contribution >= 4 is 47.2 Å². The van der Waals surface area contributed by atoms with E-state index >= 15 is 0 Å². The first-order valence-corrected chi connectivity index (χ1v) is 14.5. The van der Waals surface area contributed by atoms with Gasteiger partial charge in [0.2, 0.25) is 23.6 Å². The Kier molecular flexibility index (Phi) is 12.4. The number of nitrogens with zero attached hydrogens (tertiary/aromatic N) is 2. The monoisotopic (exact) mass is 594 g/mol. The molecule has 5 amide bonds. The highest BCUT2D eigenvalue weighted by atomic mass is 32.2. The molecule has 1 heterocycles. The average Bonchev–Trinajstić information content (AvgIpc) is 3.38. The van der Waals surface area contributed by atoms with Crippen LogP contribution >= 0.6 is 11.8 Å². The molecular formula is C26H38N6O8S. The highest BCUT2D eigenvalue weighted by molar-refractivity contribution is 7.98. The van der Waals surface area contributed by atoms with Crippen LogP contribution in [0, 0.1) is 10.1 Å². The van der Waals surface area contributed by atoms with Gasteiger partial charge >= 0.3 is 6.09 Å². The van der Waals surface area contributed by atoms with Gasteiger partial charge in [0.1, 0.15) is 23.7 Å². The zero-order valence-electron chi connectivity index (χ0n) is 23.6. The number of hydrogen-bond acceptors (Lipinski definition) is 9. The lowest BCUT2D eigenvalue weighted by Gasteiger charge is -2.28. The van der Waals surface area contributed by atoms with Gasteiger partial charge in [-0.2, -0.15) is 11.8 Å². The number of rotatable bonds is 13. The summed E-state index contributed by atoms with van der Waals surface area (Å²) in [5.74, 6) is -1.92. The second-order valence-electron chi connectivity index (χ2n) is 10.5. The van der Waals surface area contributed by atoms with E-state index in [0.29, 0.717) is 30.6 Å². The first-order valence-electron chi connectivity index (χ1n) is 13.1. The number of ether oxygens (including phenoxy) is 1. The number of alkyl carbamates (subject to hydrolysis) is 1. The van der Waals surface area contributed by atoms with E-state index in [0.717, 1.165) is 0 Å². The van der Waals surface area contributed by atoms with Gasteiger partial charge in [0.15, 0.2) is 0 Å². The van der Waals surface area contributed by atoms with Crippen molar-refractivity contribution in [2.75, 3.05) is 25.1 Å². The zero-order chi connectivity index (χ0) is 30.7. The van der Waals surface area contributed by atoms with E-state index in [1.165, 1.54) is 40.9 Å². The molecular weight excluding hydrogens is 556 g/mol. The van der Waals surface area contributed by atoms with Crippen molar-refractivity contribution in [3.63, 3.8) is 0 Å². The molecule has 0 bridgehead atoms. The minimum Gasteiger partial charge on any atom is -0.444 e. The second kappa shape index (κ2) is 15.2. The van der Waals surface area contributed by atoms with Crippen LogP contribution < -0.4 is 21.7 Å². The normalized spacial score (nSPS) is 16.3. The van der Waals surface area contributed by atoms with Gasteiger partial charge in [0, 0.05) is 25.1 Å². The van der Waals surface area contributed by atoms with Gasteiger partial charge in [-0.25, -0.2) is 4.79 Å². The highest BCUT2D eigenvalue weighted by Crippen LogP contribution is 2.20. The number of primary amides is 1. The van der Waals surface area contributed by atoms with E-state index in [-0.39, 0.29) is 18.7 Å². The molecule has 0 radical (unpaired) electrons. The number of amides is 5. The molecule has 1 aliphatic rings. The molecule has 0 saturated carbocycles. The highest BCUT2D eigenvalue weighted by Gasteiger charge is 2.37. The van der Waals surface area contributed by atoms with Crippen LogP contribution in [0.2, 0.25) is 0 Å². The van der Waals surface area contributed by atoms with Crippen molar-refractivity contribution in [2.24, 2.45) is 5.73 Å². The minimum atomic E-state index is -1.13. The van der Waals surface area contributed by atoms with E-state index in [1.807, 2.05) is 6.26 Å². The third-order valence-corrected chi connectivity index (χ3v) is 6.77. The molecule has 0 spiro atoms. The van der Waals surface area contributed by atoms with Gasteiger partial charge in [-0.1, -0.05) is 12.1 Å². The largest absolute Gasteiger partial charge is 0.444 e. The maximum atomic E-state index is 13.4. The number of nitrogens with two attached hydrogens (primary N) is 1. The lowest BCUT2D eigenvalue weighted by atomic mass is 10.0. The van der Waals surface area contributed by atoms with Crippen molar-refractivity contribution in [2.45, 2.75) is 70.2 Å². The summed E-state index contributed by atoms with van der Waals surface area (Å²) in [5.41, 5.74) is 5.10. The Labute approximate surface area is 242 Å². The number of thioether (sulfide) groups is 1. The molecule has 1 aliphatic heterocycles. The Bertz CT molecular complexity index is 1120. The number of likely N-dealkylation sites (tertiary alicyclic amines) is 1. The fourth-order valence-electron chi connectivity index (χ4n) is 4.21. The first-order chi connectivity index (χ1) is 19.2. The van der Waals surface area contributed by atoms with E-state index < -0.39 is 64.9 Å². The minimum absolute atomic E-state index is 0.0188. The van der Waals surface area contributed by atoms with Crippen LogP contribution in [0.25, 0.3) is 0 Å². The van der Waals surface area contributed by atoms with Gasteiger partial charge < -0.3 is 31.3 Å². The fourth-order valence-corrected chi connectivity index (χ4v) is 4.68. The van der Waals surface area contributed by atoms with Crippen molar-refractivity contribution in [1.82, 2.24) is 20.9 Å². The standard InChI is InChI=1S/C26H38N6O8S/c1-26(2,3)40-25(37)30-18(11-13-41-4)23(35)28-15-21(33)29-19(14-16-7-9-17(10-8-16)32(38)39)24(36)31-12-5-6-20(31)22(27)34/h7-10,18-20H,5-6,11-15H2,1-4H3,(H2,27,34)(H,28,35)(H,29,33)(H,30,37)/t18-,19+,20+/m1/s1. The van der Waals surface area contributed by atoms with Crippen LogP contribution in [0.15, 0.2) is 24.3 Å². The van der Waals surface area contributed by atoms with Crippen LogP contribution in [-0.4, -0.2) is 88.4 Å². The van der Waals surface area contributed by atoms with E-state index in [1.54, 1.807) is 20.8 Å². The predicted molar refractivity (Wildman–Crippen MR) is 152 cm³/mol. The molecule has 1 fully saturated rings. The van der Waals surface area contributed by atoms with E-state index in [2.05, 4.69) is 16.0 Å². The maximum absolute atomic E-state index is 13.4. The summed E-state index contributed by atoms with van der Waals surface area (Å²) in [7, 11) is 0. The lowest BCUT2D eigenvalue weighted by molar-refractivity contribution is -0.384. The summed E-state index contributed by atoms with van der Waals surface area (Å²) in [6.07, 6.45) is 2.31. The van der Waals surface area contributed by atoms with Gasteiger partial charge in [0.25, 0.3) is 5.69 Å². The average molecular weight is 595 g/mol. The second-order valence-corrected chi connectivity index (χ2v) is 11.5. The van der Waals surface area contributed by atoms with Crippen molar-refractivity contribution in [3.05, 3.63) is 39.9 Å². The maximum Gasteiger partial charge on any atom is 0.408 e. The van der Waals surface area contributed by atoms with E-state index in [4.69, 9.17) is 10.5 Å². The number of nitro benzene ring substituents is 1. The molecule has 0 unspecified atom stereocenters. The summed E-state index contributed by atoms with van der Waals surface area (Å²) in [6, 6.07) is 2.62. The summed E-state index contributed by atoms with van der Waals surface area (Å²) in [6.45, 7) is 4.86. The number of benzene rings is 1. The van der Waals surface area contributed by atoms with Crippen molar-refractivity contribution in [1.29, 1.82) is 0 Å². The van der Waals surface area contributed by atoms with E-state index in [9.17, 15) is 34.1 Å². The Morgan fingerprint density at radius 3 is 2.37 bits per heavy atom. The molecule has 0 aromatic heterocycles. The lowest BCUT2D eigenvalue weighted by Crippen LogP contribution is -2.55. The smallest absolute Gasteiger partial charge is 0.408 e. The Hall–Kier alpha value is -3.88. The van der Waals surface area contributed by atoms with Gasteiger partial charge in [-0.3, -0.25) is 29.3 Å². The molecule has 226 valence electrons. The molecule has 0 aliphatic carbocycles. The van der Waals surface area contributed by atoms with Gasteiger partial charge in [0.05, 0.1) is 11.5 Å². The summed E-state index contributed by atoms with van der Waals surface area (Å²) in [5, 5.41) is 18.6. The molecule has 15 heteroatoms. The Balaban J connectivity index is 2.12. The van der Waals surface area contributed by atoms with Crippen LogP contribution in [0.1, 0.15) is 45.6 Å². The summed E-state index contributed by atoms with van der Waals surface area (Å²) in [4.78, 5) is 75.0. The molecule has 1 saturated heterocycles. The molecule has 1 aromatic rings. The number of nitro groups is 1. The molecule has 3 atom stereocenters. The predicted octanol–water partition coefficient (Wildman–Crippen LogP) is 0.861. The molecule has 1 aromatic carbocycles. The number of carbonyl (C=O) groups excluding carboxylic acids is 5. The molecule has 41 heavy (non-hydrogen) atoms. The number of nitrogens with one attached hydrogen (secondary N) is 3. The third-order valence-electron chi connectivity index (χ3n) is 6.13. The van der Waals surface area contributed by atoms with Crippen LogP contribution in [0.3, 0.4) is 0 Å². The van der Waals surface area contributed by atoms with Gasteiger partial charge in [-0.15, -0.1) is 0 Å². The topological polar surface area (TPSA) is 203 Å².